The highest BCUT2D eigenvalue weighted by Gasteiger charge is 2.16. The molecular formula is C24H30N6O4. The van der Waals surface area contributed by atoms with Crippen LogP contribution in [0.2, 0.25) is 0 Å². The predicted octanol–water partition coefficient (Wildman–Crippen LogP) is 2.01. The van der Waals surface area contributed by atoms with Crippen LogP contribution in [0.1, 0.15) is 5.56 Å². The summed E-state index contributed by atoms with van der Waals surface area (Å²) in [5.74, 6) is 1.36. The lowest BCUT2D eigenvalue weighted by molar-refractivity contribution is 0.0317. The summed E-state index contributed by atoms with van der Waals surface area (Å²) in [6, 6.07) is 10.1. The van der Waals surface area contributed by atoms with Gasteiger partial charge in [-0.25, -0.2) is 0 Å². The number of hydrogen-bond acceptors (Lipinski definition) is 10. The van der Waals surface area contributed by atoms with E-state index in [4.69, 9.17) is 18.6 Å². The molecule has 0 bridgehead atoms. The summed E-state index contributed by atoms with van der Waals surface area (Å²) in [7, 11) is 0. The van der Waals surface area contributed by atoms with E-state index in [-0.39, 0.29) is 0 Å². The number of aromatic nitrogens is 2. The molecule has 2 fully saturated rings. The van der Waals surface area contributed by atoms with Crippen LogP contribution in [0.3, 0.4) is 0 Å². The fourth-order valence-electron chi connectivity index (χ4n) is 4.00. The van der Waals surface area contributed by atoms with Gasteiger partial charge in [0.25, 0.3) is 0 Å². The molecule has 4 heterocycles. The molecule has 34 heavy (non-hydrogen) atoms. The second-order valence-electron chi connectivity index (χ2n) is 8.32. The van der Waals surface area contributed by atoms with Gasteiger partial charge in [-0.1, -0.05) is 11.6 Å². The minimum Gasteiger partial charge on any atom is -0.464 e. The Morgan fingerprint density at radius 3 is 2.62 bits per heavy atom. The fraction of sp³-hybridized carbons (Fsp3) is 0.458. The van der Waals surface area contributed by atoms with Gasteiger partial charge in [-0.05, 0) is 19.1 Å². The van der Waals surface area contributed by atoms with Gasteiger partial charge in [0.1, 0.15) is 18.0 Å². The van der Waals surface area contributed by atoms with Gasteiger partial charge in [-0.15, -0.1) is 0 Å². The van der Waals surface area contributed by atoms with Crippen molar-refractivity contribution in [2.45, 2.75) is 6.92 Å². The molecule has 2 saturated heterocycles. The van der Waals surface area contributed by atoms with Crippen LogP contribution in [0.5, 0.6) is 6.01 Å². The first-order valence-corrected chi connectivity index (χ1v) is 11.7. The van der Waals surface area contributed by atoms with Gasteiger partial charge in [-0.3, -0.25) is 10.3 Å². The van der Waals surface area contributed by atoms with Crippen molar-refractivity contribution < 1.29 is 18.6 Å². The Balaban J connectivity index is 1.37. The monoisotopic (exact) mass is 466 g/mol. The highest BCUT2D eigenvalue weighted by atomic mass is 16.5. The Hall–Kier alpha value is -3.21. The SMILES string of the molecule is Cc1ccc2occc(=NNc3cc(N4CCOCC4)nc(OCCN4CCOCC4)n3)c2c1. The van der Waals surface area contributed by atoms with Crippen LogP contribution in [0.15, 0.2) is 46.1 Å². The van der Waals surface area contributed by atoms with Crippen LogP contribution in [0.4, 0.5) is 11.6 Å². The minimum atomic E-state index is 0.332. The summed E-state index contributed by atoms with van der Waals surface area (Å²) < 4.78 is 22.5. The number of morpholine rings is 2. The van der Waals surface area contributed by atoms with Crippen LogP contribution in [0, 0.1) is 6.92 Å². The van der Waals surface area contributed by atoms with Crippen molar-refractivity contribution in [3.63, 3.8) is 0 Å². The van der Waals surface area contributed by atoms with Crippen molar-refractivity contribution in [2.24, 2.45) is 5.10 Å². The normalized spacial score (nSPS) is 17.8. The van der Waals surface area contributed by atoms with E-state index >= 15 is 0 Å². The molecule has 0 aliphatic carbocycles. The third-order valence-corrected chi connectivity index (χ3v) is 5.89. The van der Waals surface area contributed by atoms with E-state index in [1.807, 2.05) is 31.2 Å². The van der Waals surface area contributed by atoms with Crippen LogP contribution >= 0.6 is 0 Å². The lowest BCUT2D eigenvalue weighted by Crippen LogP contribution is -2.39. The van der Waals surface area contributed by atoms with Crippen molar-refractivity contribution in [2.75, 3.05) is 76.1 Å². The van der Waals surface area contributed by atoms with Crippen LogP contribution in [-0.4, -0.2) is 80.6 Å². The molecule has 0 spiro atoms. The van der Waals surface area contributed by atoms with E-state index in [0.717, 1.165) is 73.6 Å². The summed E-state index contributed by atoms with van der Waals surface area (Å²) in [5, 5.41) is 6.31. The van der Waals surface area contributed by atoms with Crippen molar-refractivity contribution in [1.29, 1.82) is 0 Å². The average molecular weight is 467 g/mol. The third-order valence-electron chi connectivity index (χ3n) is 5.89. The number of rotatable bonds is 7. The molecule has 0 atom stereocenters. The molecule has 2 aliphatic rings. The number of nitrogens with one attached hydrogen (secondary N) is 1. The van der Waals surface area contributed by atoms with Crippen molar-refractivity contribution in [3.8, 4) is 6.01 Å². The van der Waals surface area contributed by atoms with E-state index < -0.39 is 0 Å². The second kappa shape index (κ2) is 10.8. The summed E-state index contributed by atoms with van der Waals surface area (Å²) in [5.41, 5.74) is 5.01. The number of benzene rings is 1. The van der Waals surface area contributed by atoms with Crippen LogP contribution < -0.4 is 20.4 Å². The molecule has 0 radical (unpaired) electrons. The van der Waals surface area contributed by atoms with Gasteiger partial charge >= 0.3 is 6.01 Å². The fourth-order valence-corrected chi connectivity index (χ4v) is 4.00. The molecule has 0 unspecified atom stereocenters. The Morgan fingerprint density at radius 1 is 1.00 bits per heavy atom. The Kier molecular flexibility index (Phi) is 7.18. The Bertz CT molecular complexity index is 1170. The van der Waals surface area contributed by atoms with Crippen molar-refractivity contribution in [1.82, 2.24) is 14.9 Å². The standard InChI is InChI=1S/C24H30N6O4/c1-18-2-3-21-19(16-18)20(4-10-33-21)27-28-22-17-23(30-8-13-32-14-9-30)26-24(25-22)34-15-7-29-5-11-31-12-6-29/h2-4,10,16-17H,5-9,11-15H2,1H3,(H,25,26,28). The summed E-state index contributed by atoms with van der Waals surface area (Å²) in [6.45, 7) is 9.60. The maximum absolute atomic E-state index is 5.96. The van der Waals surface area contributed by atoms with E-state index in [0.29, 0.717) is 31.6 Å². The van der Waals surface area contributed by atoms with Crippen LogP contribution in [-0.2, 0) is 9.47 Å². The molecule has 0 saturated carbocycles. The third kappa shape index (κ3) is 5.64. The van der Waals surface area contributed by atoms with E-state index in [9.17, 15) is 0 Å². The number of aryl methyl sites for hydroxylation is 1. The maximum atomic E-state index is 5.96. The number of ether oxygens (including phenoxy) is 3. The zero-order valence-electron chi connectivity index (χ0n) is 19.4. The highest BCUT2D eigenvalue weighted by Crippen LogP contribution is 2.21. The lowest BCUT2D eigenvalue weighted by Gasteiger charge is -2.28. The quantitative estimate of drug-likeness (QED) is 0.524. The molecular weight excluding hydrogens is 436 g/mol. The molecule has 1 aromatic carbocycles. The summed E-state index contributed by atoms with van der Waals surface area (Å²) >= 11 is 0. The predicted molar refractivity (Wildman–Crippen MR) is 128 cm³/mol. The Labute approximate surface area is 198 Å². The topological polar surface area (TPSA) is 97.5 Å². The zero-order chi connectivity index (χ0) is 23.2. The number of nitrogens with zero attached hydrogens (tertiary/aromatic N) is 5. The van der Waals surface area contributed by atoms with Crippen LogP contribution in [0.25, 0.3) is 11.0 Å². The smallest absolute Gasteiger partial charge is 0.320 e. The van der Waals surface area contributed by atoms with Gasteiger partial charge in [-0.2, -0.15) is 15.1 Å². The first kappa shape index (κ1) is 22.6. The van der Waals surface area contributed by atoms with Gasteiger partial charge in [0.15, 0.2) is 5.82 Å². The molecule has 3 aromatic rings. The summed E-state index contributed by atoms with van der Waals surface area (Å²) in [4.78, 5) is 13.7. The van der Waals surface area contributed by atoms with Crippen molar-refractivity contribution in [3.05, 3.63) is 47.5 Å². The average Bonchev–Trinajstić information content (AvgIpc) is 2.88. The highest BCUT2D eigenvalue weighted by molar-refractivity contribution is 5.76. The first-order valence-electron chi connectivity index (χ1n) is 11.7. The van der Waals surface area contributed by atoms with E-state index in [2.05, 4.69) is 36.4 Å². The van der Waals surface area contributed by atoms with Crippen molar-refractivity contribution >= 4 is 22.6 Å². The minimum absolute atomic E-state index is 0.332. The molecule has 5 rings (SSSR count). The van der Waals surface area contributed by atoms with Gasteiger partial charge in [0.2, 0.25) is 0 Å². The zero-order valence-corrected chi connectivity index (χ0v) is 19.4. The maximum Gasteiger partial charge on any atom is 0.320 e. The number of anilines is 2. The molecule has 0 amide bonds. The lowest BCUT2D eigenvalue weighted by atomic mass is 10.1. The molecule has 1 N–H and O–H groups in total. The van der Waals surface area contributed by atoms with E-state index in [1.165, 1.54) is 0 Å². The largest absolute Gasteiger partial charge is 0.464 e. The Morgan fingerprint density at radius 2 is 1.79 bits per heavy atom. The van der Waals surface area contributed by atoms with E-state index in [1.54, 1.807) is 6.26 Å². The summed E-state index contributed by atoms with van der Waals surface area (Å²) in [6.07, 6.45) is 1.64. The molecule has 10 heteroatoms. The molecule has 2 aromatic heterocycles. The molecule has 10 nitrogen and oxygen atoms in total. The first-order chi connectivity index (χ1) is 16.7. The number of fused-ring (bicyclic) bond motifs is 1. The molecule has 2 aliphatic heterocycles. The number of hydrogen-bond donors (Lipinski definition) is 1. The van der Waals surface area contributed by atoms with Gasteiger partial charge in [0, 0.05) is 50.2 Å². The van der Waals surface area contributed by atoms with Gasteiger partial charge in [0.05, 0.1) is 38.0 Å². The second-order valence-corrected chi connectivity index (χ2v) is 8.32. The molecule has 180 valence electrons. The van der Waals surface area contributed by atoms with Gasteiger partial charge < -0.3 is 23.5 Å².